The van der Waals surface area contributed by atoms with Crippen LogP contribution in [-0.4, -0.2) is 40.1 Å². The van der Waals surface area contributed by atoms with Crippen LogP contribution in [0.15, 0.2) is 18.3 Å². The van der Waals surface area contributed by atoms with Crippen molar-refractivity contribution >= 4 is 57.5 Å². The van der Waals surface area contributed by atoms with Crippen LogP contribution in [0.2, 0.25) is 5.15 Å². The fraction of sp³-hybridized carbons (Fsp3) is 0.500. The molecule has 3 heterocycles. The number of anilines is 4. The average molecular weight is 500 g/mol. The third kappa shape index (κ3) is 3.93. The Morgan fingerprint density at radius 2 is 1.96 bits per heavy atom. The van der Waals surface area contributed by atoms with Gasteiger partial charge in [-0.15, -0.1) is 0 Å². The van der Waals surface area contributed by atoms with Crippen molar-refractivity contribution in [2.24, 2.45) is 5.73 Å². The minimum absolute atomic E-state index is 0.193. The van der Waals surface area contributed by atoms with Crippen LogP contribution in [0.5, 0.6) is 0 Å². The summed E-state index contributed by atoms with van der Waals surface area (Å²) >= 11 is 8.70. The second kappa shape index (κ2) is 7.92. The SMILES string of the molecule is Nc1nc(N(c2ccc(N3CCC(N)C3)c(Cl)n2)C2CCCC2)ncc1I. The van der Waals surface area contributed by atoms with Crippen molar-refractivity contribution in [1.82, 2.24) is 15.0 Å². The van der Waals surface area contributed by atoms with Crippen LogP contribution in [0, 0.1) is 3.57 Å². The normalized spacial score (nSPS) is 20.4. The van der Waals surface area contributed by atoms with E-state index < -0.39 is 0 Å². The minimum atomic E-state index is 0.193. The summed E-state index contributed by atoms with van der Waals surface area (Å²) < 4.78 is 0.842. The Morgan fingerprint density at radius 1 is 1.19 bits per heavy atom. The summed E-state index contributed by atoms with van der Waals surface area (Å²) in [5.41, 5.74) is 13.0. The van der Waals surface area contributed by atoms with E-state index in [9.17, 15) is 0 Å². The van der Waals surface area contributed by atoms with Gasteiger partial charge in [-0.05, 0) is 54.0 Å². The molecule has 0 spiro atoms. The molecule has 1 atom stereocenters. The van der Waals surface area contributed by atoms with Crippen LogP contribution in [0.1, 0.15) is 32.1 Å². The van der Waals surface area contributed by atoms with Gasteiger partial charge in [-0.1, -0.05) is 24.4 Å². The fourth-order valence-electron chi connectivity index (χ4n) is 3.90. The maximum atomic E-state index is 6.56. The third-order valence-corrected chi connectivity index (χ3v) is 6.40. The first-order valence-corrected chi connectivity index (χ1v) is 10.7. The molecule has 9 heteroatoms. The zero-order valence-corrected chi connectivity index (χ0v) is 17.9. The lowest BCUT2D eigenvalue weighted by Crippen LogP contribution is -2.31. The van der Waals surface area contributed by atoms with E-state index in [1.165, 1.54) is 12.8 Å². The molecule has 1 aliphatic carbocycles. The number of halogens is 2. The highest BCUT2D eigenvalue weighted by atomic mass is 127. The first-order valence-electron chi connectivity index (χ1n) is 9.27. The van der Waals surface area contributed by atoms with Crippen molar-refractivity contribution in [3.63, 3.8) is 0 Å². The smallest absolute Gasteiger partial charge is 0.233 e. The molecule has 144 valence electrons. The molecule has 2 fully saturated rings. The van der Waals surface area contributed by atoms with Crippen molar-refractivity contribution in [2.75, 3.05) is 28.6 Å². The Bertz CT molecular complexity index is 827. The van der Waals surface area contributed by atoms with Crippen molar-refractivity contribution in [3.8, 4) is 0 Å². The lowest BCUT2D eigenvalue weighted by atomic mass is 10.2. The van der Waals surface area contributed by atoms with Gasteiger partial charge in [0.25, 0.3) is 0 Å². The highest BCUT2D eigenvalue weighted by Crippen LogP contribution is 2.36. The summed E-state index contributed by atoms with van der Waals surface area (Å²) in [5.74, 6) is 1.83. The van der Waals surface area contributed by atoms with Crippen molar-refractivity contribution in [3.05, 3.63) is 27.1 Å². The van der Waals surface area contributed by atoms with E-state index in [-0.39, 0.29) is 6.04 Å². The van der Waals surface area contributed by atoms with Gasteiger partial charge in [0.15, 0.2) is 5.15 Å². The number of hydrogen-bond donors (Lipinski definition) is 2. The second-order valence-corrected chi connectivity index (χ2v) is 8.71. The standard InChI is InChI=1S/C18H23ClIN7/c19-16-14(26-8-7-11(21)10-26)5-6-15(24-16)27(12-3-1-2-4-12)18-23-9-13(20)17(22)25-18/h5-6,9,11-12H,1-4,7-8,10,21H2,(H2,22,23,25). The van der Waals surface area contributed by atoms with Crippen molar-refractivity contribution in [1.29, 1.82) is 0 Å². The first kappa shape index (κ1) is 18.9. The molecule has 0 bridgehead atoms. The fourth-order valence-corrected chi connectivity index (χ4v) is 4.42. The molecule has 0 amide bonds. The number of hydrogen-bond acceptors (Lipinski definition) is 7. The molecule has 7 nitrogen and oxygen atoms in total. The van der Waals surface area contributed by atoms with Gasteiger partial charge in [0.1, 0.15) is 11.6 Å². The molecule has 1 saturated heterocycles. The molecular formula is C18H23ClIN7. The van der Waals surface area contributed by atoms with Crippen LogP contribution >= 0.6 is 34.2 Å². The van der Waals surface area contributed by atoms with Crippen LogP contribution < -0.4 is 21.3 Å². The van der Waals surface area contributed by atoms with Crippen LogP contribution in [0.4, 0.5) is 23.3 Å². The minimum Gasteiger partial charge on any atom is -0.383 e. The summed E-state index contributed by atoms with van der Waals surface area (Å²) in [6.45, 7) is 1.72. The highest BCUT2D eigenvalue weighted by Gasteiger charge is 2.29. The summed E-state index contributed by atoms with van der Waals surface area (Å²) in [4.78, 5) is 18.0. The highest BCUT2D eigenvalue weighted by molar-refractivity contribution is 14.1. The van der Waals surface area contributed by atoms with E-state index in [1.807, 2.05) is 12.1 Å². The zero-order chi connectivity index (χ0) is 19.0. The average Bonchev–Trinajstić information content (AvgIpc) is 3.31. The summed E-state index contributed by atoms with van der Waals surface area (Å²) in [6.07, 6.45) is 7.27. The van der Waals surface area contributed by atoms with E-state index in [4.69, 9.17) is 28.1 Å². The zero-order valence-electron chi connectivity index (χ0n) is 15.0. The molecule has 1 saturated carbocycles. The number of aromatic nitrogens is 3. The lowest BCUT2D eigenvalue weighted by Gasteiger charge is -2.29. The van der Waals surface area contributed by atoms with Gasteiger partial charge in [0, 0.05) is 31.4 Å². The molecule has 27 heavy (non-hydrogen) atoms. The summed E-state index contributed by atoms with van der Waals surface area (Å²) in [7, 11) is 0. The Labute approximate surface area is 177 Å². The van der Waals surface area contributed by atoms with E-state index >= 15 is 0 Å². The van der Waals surface area contributed by atoms with Crippen LogP contribution in [0.25, 0.3) is 0 Å². The molecule has 4 rings (SSSR count). The predicted molar refractivity (Wildman–Crippen MR) is 118 cm³/mol. The Hall–Kier alpha value is -1.39. The number of nitrogen functional groups attached to an aromatic ring is 1. The van der Waals surface area contributed by atoms with Gasteiger partial charge in [-0.3, -0.25) is 4.90 Å². The lowest BCUT2D eigenvalue weighted by molar-refractivity contribution is 0.656. The molecule has 4 N–H and O–H groups in total. The topological polar surface area (TPSA) is 97.2 Å². The van der Waals surface area contributed by atoms with Gasteiger partial charge < -0.3 is 16.4 Å². The molecule has 0 aromatic carbocycles. The molecule has 2 aromatic rings. The van der Waals surface area contributed by atoms with Crippen LogP contribution in [0.3, 0.4) is 0 Å². The summed E-state index contributed by atoms with van der Waals surface area (Å²) in [6, 6.07) is 4.53. The van der Waals surface area contributed by atoms with Gasteiger partial charge in [0.05, 0.1) is 9.26 Å². The van der Waals surface area contributed by atoms with E-state index in [1.54, 1.807) is 6.20 Å². The largest absolute Gasteiger partial charge is 0.383 e. The monoisotopic (exact) mass is 499 g/mol. The molecule has 1 aliphatic heterocycles. The van der Waals surface area contributed by atoms with Crippen LogP contribution in [-0.2, 0) is 0 Å². The van der Waals surface area contributed by atoms with Crippen molar-refractivity contribution in [2.45, 2.75) is 44.2 Å². The van der Waals surface area contributed by atoms with Gasteiger partial charge in [-0.2, -0.15) is 4.98 Å². The maximum Gasteiger partial charge on any atom is 0.233 e. The summed E-state index contributed by atoms with van der Waals surface area (Å²) in [5, 5.41) is 0.489. The Kier molecular flexibility index (Phi) is 5.56. The first-order chi connectivity index (χ1) is 13.0. The molecular weight excluding hydrogens is 477 g/mol. The van der Waals surface area contributed by atoms with E-state index in [0.29, 0.717) is 23.0 Å². The Morgan fingerprint density at radius 3 is 2.59 bits per heavy atom. The van der Waals surface area contributed by atoms with Crippen molar-refractivity contribution < 1.29 is 0 Å². The van der Waals surface area contributed by atoms with Gasteiger partial charge in [0.2, 0.25) is 5.95 Å². The third-order valence-electron chi connectivity index (χ3n) is 5.29. The molecule has 2 aliphatic rings. The second-order valence-electron chi connectivity index (χ2n) is 7.19. The quantitative estimate of drug-likeness (QED) is 0.492. The predicted octanol–water partition coefficient (Wildman–Crippen LogP) is 3.33. The number of nitrogens with two attached hydrogens (primary N) is 2. The van der Waals surface area contributed by atoms with E-state index in [2.05, 4.69) is 42.4 Å². The number of rotatable bonds is 4. The Balaban J connectivity index is 1.69. The van der Waals surface area contributed by atoms with E-state index in [0.717, 1.165) is 47.4 Å². The molecule has 2 aromatic heterocycles. The number of pyridine rings is 1. The number of nitrogens with zero attached hydrogens (tertiary/aromatic N) is 5. The van der Waals surface area contributed by atoms with Gasteiger partial charge in [-0.25, -0.2) is 9.97 Å². The molecule has 0 radical (unpaired) electrons. The van der Waals surface area contributed by atoms with Gasteiger partial charge >= 0.3 is 0 Å². The molecule has 1 unspecified atom stereocenters. The maximum absolute atomic E-state index is 6.56.